The molecule has 0 saturated carbocycles. The van der Waals surface area contributed by atoms with Gasteiger partial charge in [0.15, 0.2) is 0 Å². The molecule has 0 aliphatic carbocycles. The molecule has 0 bridgehead atoms. The summed E-state index contributed by atoms with van der Waals surface area (Å²) in [6.45, 7) is 5.45. The number of aliphatic imine (C=N–C) groups is 1. The van der Waals surface area contributed by atoms with Crippen LogP contribution in [0.15, 0.2) is 4.99 Å². The maximum absolute atomic E-state index is 10.4. The molecular formula is C7H14N2O2. The molecule has 0 radical (unpaired) electrons. The Bertz CT molecular complexity index is 179. The van der Waals surface area contributed by atoms with Crippen molar-refractivity contribution in [3.05, 3.63) is 0 Å². The number of nitrogens with zero attached hydrogens (tertiary/aromatic N) is 1. The Morgan fingerprint density at radius 3 is 2.09 bits per heavy atom. The fourth-order valence-corrected chi connectivity index (χ4v) is 0.586. The van der Waals surface area contributed by atoms with E-state index in [1.165, 1.54) is 0 Å². The summed E-state index contributed by atoms with van der Waals surface area (Å²) in [5.74, 6) is -1.04. The topological polar surface area (TPSA) is 75.7 Å². The second kappa shape index (κ2) is 3.48. The van der Waals surface area contributed by atoms with E-state index in [2.05, 4.69) is 4.99 Å². The molecule has 3 N–H and O–H groups in total. The van der Waals surface area contributed by atoms with Crippen LogP contribution in [0, 0.1) is 0 Å². The predicted octanol–water partition coefficient (Wildman–Crippen LogP) is 0.269. The number of hydrogen-bond acceptors (Lipinski definition) is 3. The first-order valence-electron chi connectivity index (χ1n) is 3.39. The van der Waals surface area contributed by atoms with Crippen LogP contribution >= 0.6 is 0 Å². The van der Waals surface area contributed by atoms with Gasteiger partial charge in [-0.3, -0.25) is 4.99 Å². The summed E-state index contributed by atoms with van der Waals surface area (Å²) in [6, 6.07) is 0. The van der Waals surface area contributed by atoms with Gasteiger partial charge in [-0.05, 0) is 20.8 Å². The van der Waals surface area contributed by atoms with Gasteiger partial charge in [-0.1, -0.05) is 0 Å². The molecule has 0 atom stereocenters. The maximum atomic E-state index is 10.4. The molecule has 0 aliphatic rings. The van der Waals surface area contributed by atoms with Crippen LogP contribution in [-0.2, 0) is 4.79 Å². The van der Waals surface area contributed by atoms with Crippen LogP contribution in [0.5, 0.6) is 0 Å². The highest BCUT2D eigenvalue weighted by Crippen LogP contribution is 2.06. The Morgan fingerprint density at radius 1 is 1.55 bits per heavy atom. The molecular weight excluding hydrogens is 144 g/mol. The summed E-state index contributed by atoms with van der Waals surface area (Å²) in [4.78, 5) is 14.3. The lowest BCUT2D eigenvalue weighted by Crippen LogP contribution is -2.27. The molecule has 0 amide bonds. The van der Waals surface area contributed by atoms with Gasteiger partial charge < -0.3 is 10.8 Å². The molecule has 0 unspecified atom stereocenters. The molecule has 0 aliphatic heterocycles. The van der Waals surface area contributed by atoms with Crippen LogP contribution < -0.4 is 5.73 Å². The second-order valence-corrected chi connectivity index (χ2v) is 3.24. The zero-order valence-corrected chi connectivity index (χ0v) is 7.09. The number of rotatable bonds is 2. The van der Waals surface area contributed by atoms with Crippen LogP contribution in [-0.4, -0.2) is 28.9 Å². The number of aliphatic carboxylic acids is 1. The summed E-state index contributed by atoms with van der Waals surface area (Å²) in [5.41, 5.74) is 4.83. The molecule has 0 aromatic heterocycles. The average molecular weight is 158 g/mol. The molecule has 0 fully saturated rings. The van der Waals surface area contributed by atoms with Crippen molar-refractivity contribution < 1.29 is 9.90 Å². The van der Waals surface area contributed by atoms with E-state index in [0.29, 0.717) is 0 Å². The Kier molecular flexibility index (Phi) is 3.19. The normalized spacial score (nSPS) is 13.3. The number of nitrogens with two attached hydrogens (primary N) is 1. The van der Waals surface area contributed by atoms with E-state index in [1.807, 2.05) is 20.8 Å². The van der Waals surface area contributed by atoms with Crippen molar-refractivity contribution in [3.8, 4) is 0 Å². The molecule has 4 nitrogen and oxygen atoms in total. The fourth-order valence-electron chi connectivity index (χ4n) is 0.586. The first-order chi connectivity index (χ1) is 4.87. The Labute approximate surface area is 66.1 Å². The van der Waals surface area contributed by atoms with Gasteiger partial charge in [0, 0.05) is 6.54 Å². The summed E-state index contributed by atoms with van der Waals surface area (Å²) >= 11 is 0. The molecule has 0 aromatic rings. The zero-order valence-electron chi connectivity index (χ0n) is 7.09. The first kappa shape index (κ1) is 10.1. The van der Waals surface area contributed by atoms with E-state index >= 15 is 0 Å². The van der Waals surface area contributed by atoms with Gasteiger partial charge in [0.2, 0.25) is 0 Å². The lowest BCUT2D eigenvalue weighted by molar-refractivity contribution is -0.129. The zero-order chi connectivity index (χ0) is 9.07. The molecule has 0 spiro atoms. The SMILES string of the molecule is CC(C)(C)N=C(CN)C(=O)O. The van der Waals surface area contributed by atoms with Crippen LogP contribution in [0.1, 0.15) is 20.8 Å². The van der Waals surface area contributed by atoms with Gasteiger partial charge in [-0.25, -0.2) is 4.79 Å². The lowest BCUT2D eigenvalue weighted by atomic mass is 10.1. The van der Waals surface area contributed by atoms with E-state index in [4.69, 9.17) is 10.8 Å². The van der Waals surface area contributed by atoms with E-state index in [-0.39, 0.29) is 17.8 Å². The van der Waals surface area contributed by atoms with Gasteiger partial charge in [0.25, 0.3) is 0 Å². The van der Waals surface area contributed by atoms with Gasteiger partial charge in [-0.2, -0.15) is 0 Å². The van der Waals surface area contributed by atoms with Crippen LogP contribution in [0.25, 0.3) is 0 Å². The van der Waals surface area contributed by atoms with Crippen molar-refractivity contribution >= 4 is 11.7 Å². The predicted molar refractivity (Wildman–Crippen MR) is 43.9 cm³/mol. The monoisotopic (exact) mass is 158 g/mol. The highest BCUT2D eigenvalue weighted by Gasteiger charge is 2.13. The fraction of sp³-hybridized carbons (Fsp3) is 0.714. The van der Waals surface area contributed by atoms with E-state index in [0.717, 1.165) is 0 Å². The molecule has 0 rings (SSSR count). The first-order valence-corrected chi connectivity index (χ1v) is 3.39. The summed E-state index contributed by atoms with van der Waals surface area (Å²) in [5, 5.41) is 8.53. The maximum Gasteiger partial charge on any atom is 0.351 e. The Balaban J connectivity index is 4.49. The summed E-state index contributed by atoms with van der Waals surface area (Å²) in [6.07, 6.45) is 0. The molecule has 0 heterocycles. The number of carboxylic acids is 1. The second-order valence-electron chi connectivity index (χ2n) is 3.24. The minimum absolute atomic E-state index is 0.0212. The van der Waals surface area contributed by atoms with Crippen molar-refractivity contribution in [2.75, 3.05) is 6.54 Å². The third-order valence-electron chi connectivity index (χ3n) is 0.911. The van der Waals surface area contributed by atoms with Gasteiger partial charge in [0.1, 0.15) is 5.71 Å². The van der Waals surface area contributed by atoms with Gasteiger partial charge >= 0.3 is 5.97 Å². The van der Waals surface area contributed by atoms with Crippen molar-refractivity contribution in [2.24, 2.45) is 10.7 Å². The Morgan fingerprint density at radius 2 is 2.00 bits per heavy atom. The highest BCUT2D eigenvalue weighted by molar-refractivity contribution is 6.36. The number of carboxylic acid groups (broad SMARTS) is 1. The summed E-state index contributed by atoms with van der Waals surface area (Å²) in [7, 11) is 0. The smallest absolute Gasteiger partial charge is 0.351 e. The molecule has 4 heteroatoms. The highest BCUT2D eigenvalue weighted by atomic mass is 16.4. The largest absolute Gasteiger partial charge is 0.477 e. The molecule has 11 heavy (non-hydrogen) atoms. The van der Waals surface area contributed by atoms with Crippen LogP contribution in [0.2, 0.25) is 0 Å². The lowest BCUT2D eigenvalue weighted by Gasteiger charge is -2.12. The standard InChI is InChI=1S/C7H14N2O2/c1-7(2,3)9-5(4-8)6(10)11/h4,8H2,1-3H3,(H,10,11). The molecule has 64 valence electrons. The quantitative estimate of drug-likeness (QED) is 0.566. The van der Waals surface area contributed by atoms with Crippen LogP contribution in [0.3, 0.4) is 0 Å². The van der Waals surface area contributed by atoms with Crippen molar-refractivity contribution in [2.45, 2.75) is 26.3 Å². The summed E-state index contributed by atoms with van der Waals surface area (Å²) < 4.78 is 0. The van der Waals surface area contributed by atoms with E-state index in [1.54, 1.807) is 0 Å². The van der Waals surface area contributed by atoms with Gasteiger partial charge in [-0.15, -0.1) is 0 Å². The van der Waals surface area contributed by atoms with Crippen molar-refractivity contribution in [1.29, 1.82) is 0 Å². The van der Waals surface area contributed by atoms with E-state index in [9.17, 15) is 4.79 Å². The minimum Gasteiger partial charge on any atom is -0.477 e. The number of carbonyl (C=O) groups is 1. The molecule has 0 saturated heterocycles. The number of hydrogen-bond donors (Lipinski definition) is 2. The molecule has 0 aromatic carbocycles. The third-order valence-corrected chi connectivity index (χ3v) is 0.911. The average Bonchev–Trinajstić information content (AvgIpc) is 1.80. The van der Waals surface area contributed by atoms with Crippen LogP contribution in [0.4, 0.5) is 0 Å². The van der Waals surface area contributed by atoms with Crippen molar-refractivity contribution in [1.82, 2.24) is 0 Å². The van der Waals surface area contributed by atoms with Gasteiger partial charge in [0.05, 0.1) is 5.54 Å². The Hall–Kier alpha value is -0.900. The van der Waals surface area contributed by atoms with Crippen molar-refractivity contribution in [3.63, 3.8) is 0 Å². The third kappa shape index (κ3) is 4.50. The van der Waals surface area contributed by atoms with E-state index < -0.39 is 5.97 Å². The minimum atomic E-state index is -1.04.